The quantitative estimate of drug-likeness (QED) is 0.535. The molecule has 0 unspecified atom stereocenters. The maximum absolute atomic E-state index is 11.6. The maximum Gasteiger partial charge on any atom is 0.303 e. The van der Waals surface area contributed by atoms with Crippen LogP contribution < -0.4 is 0 Å². The van der Waals surface area contributed by atoms with E-state index in [2.05, 4.69) is 20.8 Å². The minimum absolute atomic E-state index is 0.0453. The van der Waals surface area contributed by atoms with E-state index in [9.17, 15) is 19.5 Å². The fourth-order valence-electron chi connectivity index (χ4n) is 9.14. The Kier molecular flexibility index (Phi) is 6.61. The summed E-state index contributed by atoms with van der Waals surface area (Å²) in [6.45, 7) is 8.21. The Bertz CT molecular complexity index is 723. The largest absolute Gasteiger partial charge is 0.481 e. The highest BCUT2D eigenvalue weighted by atomic mass is 16.5. The van der Waals surface area contributed by atoms with Crippen LogP contribution in [0.15, 0.2) is 0 Å². The SMILES string of the molecule is C[C@H](CCC(=O)O)[C@@H]1CC[C@@H]2[C@H]3CC[C@H]4C[C@@H](OC=O)CC[C@]4(C)[C@@H]3C[C@@H](OC=O)[C@]21C. The van der Waals surface area contributed by atoms with Crippen LogP contribution in [0.1, 0.15) is 85.0 Å². The molecule has 6 heteroatoms. The lowest BCUT2D eigenvalue weighted by Gasteiger charge is -2.62. The van der Waals surface area contributed by atoms with Gasteiger partial charge in [-0.05, 0) is 98.7 Å². The van der Waals surface area contributed by atoms with Crippen molar-refractivity contribution in [2.75, 3.05) is 0 Å². The lowest BCUT2D eigenvalue weighted by Crippen LogP contribution is -2.59. The van der Waals surface area contributed by atoms with Crippen LogP contribution >= 0.6 is 0 Å². The Morgan fingerprint density at radius 2 is 1.78 bits per heavy atom. The van der Waals surface area contributed by atoms with Crippen molar-refractivity contribution in [2.24, 2.45) is 46.3 Å². The molecule has 0 amide bonds. The molecule has 32 heavy (non-hydrogen) atoms. The summed E-state index contributed by atoms with van der Waals surface area (Å²) < 4.78 is 11.2. The normalized spacial score (nSPS) is 46.2. The Balaban J connectivity index is 1.59. The van der Waals surface area contributed by atoms with Crippen molar-refractivity contribution >= 4 is 18.9 Å². The number of carboxylic acid groups (broad SMARTS) is 1. The molecule has 180 valence electrons. The van der Waals surface area contributed by atoms with Crippen molar-refractivity contribution in [3.05, 3.63) is 0 Å². The number of hydrogen-bond acceptors (Lipinski definition) is 5. The van der Waals surface area contributed by atoms with Crippen molar-refractivity contribution in [2.45, 2.75) is 97.2 Å². The van der Waals surface area contributed by atoms with Gasteiger partial charge in [-0.15, -0.1) is 0 Å². The van der Waals surface area contributed by atoms with Crippen LogP contribution in [-0.4, -0.2) is 36.2 Å². The van der Waals surface area contributed by atoms with E-state index in [1.807, 2.05) is 0 Å². The van der Waals surface area contributed by atoms with Gasteiger partial charge in [-0.2, -0.15) is 0 Å². The summed E-state index contributed by atoms with van der Waals surface area (Å²) in [6.07, 6.45) is 9.29. The van der Waals surface area contributed by atoms with Crippen molar-refractivity contribution < 1.29 is 29.0 Å². The van der Waals surface area contributed by atoms with Gasteiger partial charge in [0.1, 0.15) is 12.2 Å². The smallest absolute Gasteiger partial charge is 0.303 e. The van der Waals surface area contributed by atoms with E-state index in [4.69, 9.17) is 9.47 Å². The Labute approximate surface area is 191 Å². The van der Waals surface area contributed by atoms with Crippen LogP contribution in [0.5, 0.6) is 0 Å². The highest BCUT2D eigenvalue weighted by Gasteiger charge is 2.64. The molecule has 4 fully saturated rings. The first-order valence-corrected chi connectivity index (χ1v) is 12.7. The molecule has 4 aliphatic rings. The van der Waals surface area contributed by atoms with E-state index in [-0.39, 0.29) is 29.5 Å². The zero-order valence-electron chi connectivity index (χ0n) is 19.8. The van der Waals surface area contributed by atoms with E-state index in [0.717, 1.165) is 38.5 Å². The molecule has 4 aliphatic carbocycles. The average molecular weight is 449 g/mol. The van der Waals surface area contributed by atoms with Crippen molar-refractivity contribution in [1.29, 1.82) is 0 Å². The molecular weight excluding hydrogens is 408 g/mol. The van der Waals surface area contributed by atoms with Crippen LogP contribution in [0.2, 0.25) is 0 Å². The van der Waals surface area contributed by atoms with Gasteiger partial charge in [0.2, 0.25) is 0 Å². The predicted molar refractivity (Wildman–Crippen MR) is 119 cm³/mol. The minimum Gasteiger partial charge on any atom is -0.481 e. The highest BCUT2D eigenvalue weighted by molar-refractivity contribution is 5.66. The Morgan fingerprint density at radius 3 is 2.47 bits per heavy atom. The van der Waals surface area contributed by atoms with E-state index in [1.54, 1.807) is 0 Å². The Morgan fingerprint density at radius 1 is 1.03 bits per heavy atom. The van der Waals surface area contributed by atoms with Gasteiger partial charge in [0, 0.05) is 11.8 Å². The second-order valence-corrected chi connectivity index (χ2v) is 11.7. The summed E-state index contributed by atoms with van der Waals surface area (Å²) in [6, 6.07) is 0. The molecule has 0 bridgehead atoms. The molecule has 0 radical (unpaired) electrons. The summed E-state index contributed by atoms with van der Waals surface area (Å²) in [5, 5.41) is 9.18. The number of ether oxygens (including phenoxy) is 2. The van der Waals surface area contributed by atoms with Gasteiger partial charge in [-0.1, -0.05) is 20.8 Å². The standard InChI is InChI=1S/C26H40O6/c1-16(4-9-24(29)30)20-7-8-21-19-6-5-17-12-18(31-14-27)10-11-25(17,2)22(19)13-23(32-15-28)26(20,21)3/h14-23H,4-13H2,1-3H3,(H,29,30)/t16-,17+,18+,19-,20+,21-,22-,23-,25+,26+/m1/s1. The summed E-state index contributed by atoms with van der Waals surface area (Å²) in [5.74, 6) is 2.18. The Hall–Kier alpha value is -1.59. The zero-order chi connectivity index (χ0) is 23.1. The van der Waals surface area contributed by atoms with Gasteiger partial charge in [0.15, 0.2) is 0 Å². The van der Waals surface area contributed by atoms with Gasteiger partial charge >= 0.3 is 5.97 Å². The van der Waals surface area contributed by atoms with Crippen molar-refractivity contribution in [1.82, 2.24) is 0 Å². The second-order valence-electron chi connectivity index (χ2n) is 11.7. The third-order valence-electron chi connectivity index (χ3n) is 10.7. The summed E-state index contributed by atoms with van der Waals surface area (Å²) >= 11 is 0. The van der Waals surface area contributed by atoms with E-state index < -0.39 is 5.97 Å². The zero-order valence-corrected chi connectivity index (χ0v) is 19.8. The molecule has 0 aliphatic heterocycles. The van der Waals surface area contributed by atoms with Gasteiger partial charge in [0.05, 0.1) is 0 Å². The molecule has 0 spiro atoms. The summed E-state index contributed by atoms with van der Waals surface area (Å²) in [7, 11) is 0. The van der Waals surface area contributed by atoms with Crippen LogP contribution in [0.3, 0.4) is 0 Å². The molecule has 4 rings (SSSR count). The number of carbonyl (C=O) groups is 3. The third kappa shape index (κ3) is 3.75. The fraction of sp³-hybridized carbons (Fsp3) is 0.885. The van der Waals surface area contributed by atoms with Crippen LogP contribution in [0.4, 0.5) is 0 Å². The van der Waals surface area contributed by atoms with Crippen molar-refractivity contribution in [3.8, 4) is 0 Å². The number of hydrogen-bond donors (Lipinski definition) is 1. The summed E-state index contributed by atoms with van der Waals surface area (Å²) in [4.78, 5) is 33.6. The van der Waals surface area contributed by atoms with Crippen molar-refractivity contribution in [3.63, 3.8) is 0 Å². The molecule has 10 atom stereocenters. The minimum atomic E-state index is -0.735. The molecule has 1 N–H and O–H groups in total. The molecule has 0 aromatic rings. The van der Waals surface area contributed by atoms with Gasteiger partial charge in [-0.3, -0.25) is 14.4 Å². The number of rotatable bonds is 8. The van der Waals surface area contributed by atoms with Gasteiger partial charge < -0.3 is 14.6 Å². The lowest BCUT2D eigenvalue weighted by molar-refractivity contribution is -0.190. The van der Waals surface area contributed by atoms with E-state index in [0.29, 0.717) is 54.9 Å². The van der Waals surface area contributed by atoms with E-state index >= 15 is 0 Å². The van der Waals surface area contributed by atoms with E-state index in [1.165, 1.54) is 12.8 Å². The maximum atomic E-state index is 11.6. The molecule has 0 aromatic heterocycles. The first-order chi connectivity index (χ1) is 15.3. The van der Waals surface area contributed by atoms with Gasteiger partial charge in [0.25, 0.3) is 12.9 Å². The number of fused-ring (bicyclic) bond motifs is 5. The monoisotopic (exact) mass is 448 g/mol. The van der Waals surface area contributed by atoms with Crippen LogP contribution in [0.25, 0.3) is 0 Å². The number of aliphatic carboxylic acids is 1. The average Bonchev–Trinajstić information content (AvgIpc) is 3.11. The number of carboxylic acids is 1. The third-order valence-corrected chi connectivity index (χ3v) is 10.7. The molecular formula is C26H40O6. The second kappa shape index (κ2) is 8.98. The molecule has 0 aromatic carbocycles. The predicted octanol–water partition coefficient (Wildman–Crippen LogP) is 4.84. The first kappa shape index (κ1) is 23.6. The molecule has 0 saturated heterocycles. The highest BCUT2D eigenvalue weighted by Crippen LogP contribution is 2.68. The van der Waals surface area contributed by atoms with Gasteiger partial charge in [-0.25, -0.2) is 0 Å². The summed E-state index contributed by atoms with van der Waals surface area (Å²) in [5.41, 5.74) is 0.117. The fourth-order valence-corrected chi connectivity index (χ4v) is 9.14. The topological polar surface area (TPSA) is 89.9 Å². The first-order valence-electron chi connectivity index (χ1n) is 12.7. The van der Waals surface area contributed by atoms with Crippen LogP contribution in [0, 0.1) is 46.3 Å². The van der Waals surface area contributed by atoms with Crippen LogP contribution in [-0.2, 0) is 23.9 Å². The molecule has 6 nitrogen and oxygen atoms in total. The molecule has 4 saturated carbocycles. The molecule has 0 heterocycles. The number of carbonyl (C=O) groups excluding carboxylic acids is 2. The lowest BCUT2D eigenvalue weighted by atomic mass is 9.43.